The molecule has 2 atom stereocenters. The molecule has 1 heterocycles. The van der Waals surface area contributed by atoms with E-state index < -0.39 is 22.0 Å². The monoisotopic (exact) mass is 626 g/mol. The van der Waals surface area contributed by atoms with Crippen molar-refractivity contribution in [1.29, 1.82) is 0 Å². The number of halogens is 1. The summed E-state index contributed by atoms with van der Waals surface area (Å²) in [5.74, 6) is -0.409. The third kappa shape index (κ3) is 8.95. The lowest BCUT2D eigenvalue weighted by atomic mass is 9.94. The molecule has 11 heteroatoms. The van der Waals surface area contributed by atoms with Crippen molar-refractivity contribution in [3.8, 4) is 0 Å². The van der Waals surface area contributed by atoms with Crippen LogP contribution in [0.3, 0.4) is 0 Å². The largest absolute Gasteiger partial charge is 0.464 e. The number of amides is 2. The second-order valence-corrected chi connectivity index (χ2v) is 13.4. The van der Waals surface area contributed by atoms with Crippen LogP contribution in [0.4, 0.5) is 10.5 Å². The number of nitrogens with zero attached hydrogens (tertiary/aromatic N) is 2. The average molecular weight is 627 g/mol. The van der Waals surface area contributed by atoms with E-state index in [1.54, 1.807) is 48.5 Å². The van der Waals surface area contributed by atoms with E-state index in [1.165, 1.54) is 11.3 Å². The normalized spacial score (nSPS) is 15.8. The van der Waals surface area contributed by atoms with Crippen LogP contribution >= 0.6 is 11.6 Å². The Labute approximate surface area is 258 Å². The van der Waals surface area contributed by atoms with Crippen LogP contribution < -0.4 is 10.7 Å². The van der Waals surface area contributed by atoms with Crippen LogP contribution in [0.5, 0.6) is 0 Å². The van der Waals surface area contributed by atoms with E-state index in [9.17, 15) is 23.1 Å². The van der Waals surface area contributed by atoms with Crippen molar-refractivity contribution in [3.63, 3.8) is 0 Å². The molecule has 1 aliphatic rings. The topological polar surface area (TPSA) is 119 Å². The molecule has 3 aromatic rings. The standard InChI is InChI=1S/C32H39ClN4O5S/c1-3-29(23-12-14-28(15-13-23)43(2,41)42)31(38)34-26-16-19-36(20-17-26)21-18-30(24-8-5-4-6-9-24)37(32(39)40)35-27-11-7-10-25(33)22-27/h4-15,22,26,29-30,35H,3,16-21H2,1-2H3,(H,34,38)(H,39,40). The molecule has 3 aromatic carbocycles. The van der Waals surface area contributed by atoms with Crippen molar-refractivity contribution in [1.82, 2.24) is 15.2 Å². The fourth-order valence-electron chi connectivity index (χ4n) is 5.50. The van der Waals surface area contributed by atoms with E-state index in [1.807, 2.05) is 37.3 Å². The Morgan fingerprint density at radius 2 is 1.67 bits per heavy atom. The molecule has 43 heavy (non-hydrogen) atoms. The summed E-state index contributed by atoms with van der Waals surface area (Å²) in [6, 6.07) is 22.7. The first-order chi connectivity index (χ1) is 20.5. The highest BCUT2D eigenvalue weighted by atomic mass is 35.5. The van der Waals surface area contributed by atoms with Gasteiger partial charge in [0.25, 0.3) is 0 Å². The number of likely N-dealkylation sites (tertiary alicyclic amines) is 1. The van der Waals surface area contributed by atoms with Gasteiger partial charge >= 0.3 is 6.09 Å². The minimum atomic E-state index is -3.30. The second-order valence-electron chi connectivity index (χ2n) is 10.9. The van der Waals surface area contributed by atoms with E-state index in [0.717, 1.165) is 37.1 Å². The number of piperidine rings is 1. The highest BCUT2D eigenvalue weighted by Gasteiger charge is 2.29. The van der Waals surface area contributed by atoms with Crippen molar-refractivity contribution < 1.29 is 23.1 Å². The van der Waals surface area contributed by atoms with Gasteiger partial charge in [-0.15, -0.1) is 0 Å². The molecule has 4 rings (SSSR count). The van der Waals surface area contributed by atoms with Gasteiger partial charge < -0.3 is 15.3 Å². The Hall–Kier alpha value is -3.60. The summed E-state index contributed by atoms with van der Waals surface area (Å²) in [6.45, 7) is 4.19. The maximum absolute atomic E-state index is 13.2. The smallest absolute Gasteiger partial charge is 0.426 e. The average Bonchev–Trinajstić information content (AvgIpc) is 2.98. The quantitative estimate of drug-likeness (QED) is 0.212. The second kappa shape index (κ2) is 14.7. The summed E-state index contributed by atoms with van der Waals surface area (Å²) in [5.41, 5.74) is 5.30. The number of carbonyl (C=O) groups excluding carboxylic acids is 1. The molecule has 0 bridgehead atoms. The lowest BCUT2D eigenvalue weighted by molar-refractivity contribution is -0.123. The number of anilines is 1. The summed E-state index contributed by atoms with van der Waals surface area (Å²) >= 11 is 6.13. The number of hydrogen-bond donors (Lipinski definition) is 3. The summed E-state index contributed by atoms with van der Waals surface area (Å²) in [4.78, 5) is 28.1. The van der Waals surface area contributed by atoms with Crippen LogP contribution in [-0.4, -0.2) is 67.4 Å². The number of carbonyl (C=O) groups is 2. The van der Waals surface area contributed by atoms with Crippen molar-refractivity contribution in [2.24, 2.45) is 0 Å². The number of carboxylic acid groups (broad SMARTS) is 1. The van der Waals surface area contributed by atoms with Crippen molar-refractivity contribution in [3.05, 3.63) is 95.0 Å². The highest BCUT2D eigenvalue weighted by molar-refractivity contribution is 7.90. The summed E-state index contributed by atoms with van der Waals surface area (Å²) < 4.78 is 23.6. The molecule has 2 unspecified atom stereocenters. The van der Waals surface area contributed by atoms with Gasteiger partial charge in [0.15, 0.2) is 9.84 Å². The first kappa shape index (κ1) is 32.3. The van der Waals surface area contributed by atoms with Gasteiger partial charge in [-0.25, -0.2) is 18.2 Å². The number of nitrogens with one attached hydrogen (secondary N) is 2. The number of hydrazine groups is 1. The number of benzene rings is 3. The van der Waals surface area contributed by atoms with E-state index in [0.29, 0.717) is 30.1 Å². The van der Waals surface area contributed by atoms with E-state index in [2.05, 4.69) is 15.6 Å². The zero-order chi connectivity index (χ0) is 31.0. The molecule has 0 spiro atoms. The Kier molecular flexibility index (Phi) is 11.1. The van der Waals surface area contributed by atoms with E-state index >= 15 is 0 Å². The van der Waals surface area contributed by atoms with Gasteiger partial charge in [0.1, 0.15) is 0 Å². The van der Waals surface area contributed by atoms with Crippen molar-refractivity contribution in [2.75, 3.05) is 31.3 Å². The number of sulfone groups is 1. The van der Waals surface area contributed by atoms with Gasteiger partial charge in [-0.05, 0) is 67.1 Å². The molecule has 0 aliphatic carbocycles. The van der Waals surface area contributed by atoms with Crippen LogP contribution in [-0.2, 0) is 14.6 Å². The third-order valence-corrected chi connectivity index (χ3v) is 9.23. The Morgan fingerprint density at radius 1 is 1.00 bits per heavy atom. The predicted octanol–water partition coefficient (Wildman–Crippen LogP) is 5.96. The molecular weight excluding hydrogens is 588 g/mol. The minimum absolute atomic E-state index is 0.0398. The maximum Gasteiger partial charge on any atom is 0.426 e. The zero-order valence-electron chi connectivity index (χ0n) is 24.4. The van der Waals surface area contributed by atoms with Crippen molar-refractivity contribution >= 4 is 39.1 Å². The number of rotatable bonds is 12. The molecule has 1 aliphatic heterocycles. The highest BCUT2D eigenvalue weighted by Crippen LogP contribution is 2.28. The fraction of sp³-hybridized carbons (Fsp3) is 0.375. The van der Waals surface area contributed by atoms with Gasteiger partial charge in [-0.3, -0.25) is 10.2 Å². The molecule has 3 N–H and O–H groups in total. The third-order valence-electron chi connectivity index (χ3n) is 7.86. The molecule has 0 saturated carbocycles. The molecule has 0 aromatic heterocycles. The summed E-state index contributed by atoms with van der Waals surface area (Å²) in [5, 5.41) is 15.1. The Bertz CT molecular complexity index is 1480. The minimum Gasteiger partial charge on any atom is -0.464 e. The van der Waals surface area contributed by atoms with Crippen LogP contribution in [0.25, 0.3) is 0 Å². The molecule has 9 nitrogen and oxygen atoms in total. The van der Waals surface area contributed by atoms with Gasteiger partial charge in [0.2, 0.25) is 5.91 Å². The van der Waals surface area contributed by atoms with Gasteiger partial charge in [-0.1, -0.05) is 67.1 Å². The van der Waals surface area contributed by atoms with Crippen LogP contribution in [0, 0.1) is 0 Å². The van der Waals surface area contributed by atoms with Gasteiger partial charge in [0, 0.05) is 37.0 Å². The lowest BCUT2D eigenvalue weighted by Crippen LogP contribution is -2.47. The first-order valence-electron chi connectivity index (χ1n) is 14.5. The van der Waals surface area contributed by atoms with Crippen LogP contribution in [0.1, 0.15) is 55.7 Å². The molecule has 1 fully saturated rings. The Morgan fingerprint density at radius 3 is 2.26 bits per heavy atom. The molecule has 1 saturated heterocycles. The summed E-state index contributed by atoms with van der Waals surface area (Å²) in [7, 11) is -3.30. The van der Waals surface area contributed by atoms with Crippen molar-refractivity contribution in [2.45, 2.75) is 55.5 Å². The van der Waals surface area contributed by atoms with Crippen LogP contribution in [0.2, 0.25) is 5.02 Å². The lowest BCUT2D eigenvalue weighted by Gasteiger charge is -2.36. The van der Waals surface area contributed by atoms with E-state index in [-0.39, 0.29) is 22.8 Å². The number of hydrogen-bond acceptors (Lipinski definition) is 6. The maximum atomic E-state index is 13.2. The Balaban J connectivity index is 1.35. The van der Waals surface area contributed by atoms with E-state index in [4.69, 9.17) is 11.6 Å². The van der Waals surface area contributed by atoms with Gasteiger partial charge in [0.05, 0.1) is 22.5 Å². The zero-order valence-corrected chi connectivity index (χ0v) is 26.0. The predicted molar refractivity (Wildman–Crippen MR) is 169 cm³/mol. The molecular formula is C32H39ClN4O5S. The first-order valence-corrected chi connectivity index (χ1v) is 16.7. The molecule has 230 valence electrons. The SMILES string of the molecule is CCC(C(=O)NC1CCN(CCC(c2ccccc2)N(Nc2cccc(Cl)c2)C(=O)O)CC1)c1ccc(S(C)(=O)=O)cc1. The molecule has 0 radical (unpaired) electrons. The fourth-order valence-corrected chi connectivity index (χ4v) is 6.32. The summed E-state index contributed by atoms with van der Waals surface area (Å²) in [6.07, 6.45) is 2.82. The van der Waals surface area contributed by atoms with Gasteiger partial charge in [-0.2, -0.15) is 0 Å². The molecule has 2 amide bonds. The van der Waals surface area contributed by atoms with Crippen LogP contribution in [0.15, 0.2) is 83.8 Å².